The molecule has 0 atom stereocenters. The zero-order valence-corrected chi connectivity index (χ0v) is 18.2. The van der Waals surface area contributed by atoms with Crippen molar-refractivity contribution in [1.82, 2.24) is 14.6 Å². The maximum absolute atomic E-state index is 12.7. The number of rotatable bonds is 2. The number of fused-ring (bicyclic) bond motifs is 1. The topological polar surface area (TPSA) is 47.3 Å². The zero-order chi connectivity index (χ0) is 19.2. The van der Waals surface area contributed by atoms with Crippen molar-refractivity contribution in [3.05, 3.63) is 78.1 Å². The Balaban J connectivity index is 1.72. The Morgan fingerprint density at radius 3 is 2.30 bits per heavy atom. The summed E-state index contributed by atoms with van der Waals surface area (Å²) in [6.45, 7) is 6.55. The molecule has 0 saturated heterocycles. The second-order valence-electron chi connectivity index (χ2n) is 7.42. The monoisotopic (exact) mass is 487 g/mol. The highest BCUT2D eigenvalue weighted by molar-refractivity contribution is 14.1. The van der Waals surface area contributed by atoms with Gasteiger partial charge in [-0.05, 0) is 57.3 Å². The Bertz CT molecular complexity index is 1220. The van der Waals surface area contributed by atoms with E-state index in [1.54, 1.807) is 0 Å². The lowest BCUT2D eigenvalue weighted by Crippen LogP contribution is -2.23. The quantitative estimate of drug-likeness (QED) is 0.397. The van der Waals surface area contributed by atoms with E-state index >= 15 is 0 Å². The molecule has 0 aliphatic rings. The second kappa shape index (κ2) is 6.83. The molecule has 0 aliphatic heterocycles. The fourth-order valence-corrected chi connectivity index (χ4v) is 4.05. The molecule has 2 aromatic carbocycles. The summed E-state index contributed by atoms with van der Waals surface area (Å²) in [5, 5.41) is 4.43. The average Bonchev–Trinajstić information content (AvgIpc) is 3.16. The van der Waals surface area contributed by atoms with E-state index in [-0.39, 0.29) is 11.0 Å². The minimum absolute atomic E-state index is 0.100. The van der Waals surface area contributed by atoms with Crippen LogP contribution in [0, 0.1) is 3.57 Å². The van der Waals surface area contributed by atoms with Gasteiger partial charge in [0.25, 0.3) is 5.56 Å². The third-order valence-electron chi connectivity index (χ3n) is 4.36. The molecule has 136 valence electrons. The lowest BCUT2D eigenvalue weighted by Gasteiger charge is -2.18. The van der Waals surface area contributed by atoms with Crippen LogP contribution in [0.25, 0.3) is 22.4 Å². The summed E-state index contributed by atoms with van der Waals surface area (Å²) < 4.78 is 3.20. The van der Waals surface area contributed by atoms with Gasteiger partial charge in [0.15, 0.2) is 5.82 Å². The van der Waals surface area contributed by atoms with Crippen LogP contribution in [0.5, 0.6) is 0 Å². The van der Waals surface area contributed by atoms with Crippen LogP contribution in [0.1, 0.15) is 31.9 Å². The Morgan fingerprint density at radius 2 is 1.70 bits per heavy atom. The summed E-state index contributed by atoms with van der Waals surface area (Å²) >= 11 is 3.63. The van der Waals surface area contributed by atoms with Gasteiger partial charge in [-0.3, -0.25) is 4.79 Å². The third-order valence-corrected chi connectivity index (χ3v) is 6.04. The summed E-state index contributed by atoms with van der Waals surface area (Å²) in [7, 11) is 0. The highest BCUT2D eigenvalue weighted by Gasteiger charge is 2.15. The van der Waals surface area contributed by atoms with Crippen molar-refractivity contribution in [2.75, 3.05) is 0 Å². The molecule has 0 N–H and O–H groups in total. The van der Waals surface area contributed by atoms with E-state index in [0.717, 1.165) is 14.7 Å². The third kappa shape index (κ3) is 3.68. The molecular formula is C21H18IN3OS. The minimum atomic E-state index is -0.126. The maximum atomic E-state index is 12.7. The van der Waals surface area contributed by atoms with Crippen molar-refractivity contribution in [3.8, 4) is 11.4 Å². The fourth-order valence-electron chi connectivity index (χ4n) is 2.79. The summed E-state index contributed by atoms with van der Waals surface area (Å²) in [6, 6.07) is 16.3. The first-order valence-corrected chi connectivity index (χ1v) is 10.5. The van der Waals surface area contributed by atoms with Gasteiger partial charge in [0.05, 0.1) is 4.53 Å². The van der Waals surface area contributed by atoms with Crippen LogP contribution in [0.2, 0.25) is 0 Å². The number of thiazole rings is 1. The molecule has 2 aromatic heterocycles. The van der Waals surface area contributed by atoms with Gasteiger partial charge in [0.1, 0.15) is 0 Å². The van der Waals surface area contributed by atoms with Gasteiger partial charge in [0.2, 0.25) is 4.96 Å². The van der Waals surface area contributed by atoms with Crippen LogP contribution in [-0.2, 0) is 5.41 Å². The highest BCUT2D eigenvalue weighted by Crippen LogP contribution is 2.25. The van der Waals surface area contributed by atoms with Crippen LogP contribution in [-0.4, -0.2) is 14.6 Å². The maximum Gasteiger partial charge on any atom is 0.291 e. The van der Waals surface area contributed by atoms with Gasteiger partial charge < -0.3 is 0 Å². The first-order valence-electron chi connectivity index (χ1n) is 8.59. The van der Waals surface area contributed by atoms with Gasteiger partial charge in [0, 0.05) is 9.13 Å². The van der Waals surface area contributed by atoms with Gasteiger partial charge in [-0.2, -0.15) is 9.50 Å². The van der Waals surface area contributed by atoms with Crippen LogP contribution >= 0.6 is 33.9 Å². The van der Waals surface area contributed by atoms with E-state index in [1.165, 1.54) is 21.4 Å². The molecule has 0 amide bonds. The predicted molar refractivity (Wildman–Crippen MR) is 119 cm³/mol. The van der Waals surface area contributed by atoms with Gasteiger partial charge in [-0.25, -0.2) is 0 Å². The van der Waals surface area contributed by atoms with Crippen LogP contribution < -0.4 is 10.1 Å². The number of halogens is 1. The van der Waals surface area contributed by atoms with Crippen molar-refractivity contribution < 1.29 is 0 Å². The molecule has 6 heteroatoms. The summed E-state index contributed by atoms with van der Waals surface area (Å²) in [5.74, 6) is 0.583. The standard InChI is InChI=1S/C21H18IN3OS/c1-21(2,3)15-8-6-14(7-9-15)18-23-20-25(24-18)19(26)17(27-20)12-13-4-10-16(22)11-5-13/h4-12H,1-3H3. The fraction of sp³-hybridized carbons (Fsp3) is 0.190. The lowest BCUT2D eigenvalue weighted by molar-refractivity contribution is 0.590. The summed E-state index contributed by atoms with van der Waals surface area (Å²) in [6.07, 6.45) is 1.89. The molecule has 0 radical (unpaired) electrons. The van der Waals surface area contributed by atoms with Crippen molar-refractivity contribution >= 4 is 45.0 Å². The van der Waals surface area contributed by atoms with Gasteiger partial charge >= 0.3 is 0 Å². The SMILES string of the molecule is CC(C)(C)c1ccc(-c2nc3sc(=Cc4ccc(I)cc4)c(=O)n3n2)cc1. The summed E-state index contributed by atoms with van der Waals surface area (Å²) in [4.78, 5) is 17.8. The van der Waals surface area contributed by atoms with Crippen LogP contribution in [0.4, 0.5) is 0 Å². The first-order chi connectivity index (χ1) is 12.8. The molecule has 0 unspecified atom stereocenters. The Labute approximate surface area is 174 Å². The van der Waals surface area contributed by atoms with Crippen LogP contribution in [0.3, 0.4) is 0 Å². The molecule has 0 spiro atoms. The second-order valence-corrected chi connectivity index (χ2v) is 9.68. The lowest BCUT2D eigenvalue weighted by atomic mass is 9.87. The largest absolute Gasteiger partial charge is 0.291 e. The normalized spacial score (nSPS) is 12.8. The van der Waals surface area contributed by atoms with Gasteiger partial charge in [-0.15, -0.1) is 5.10 Å². The number of nitrogens with zero attached hydrogens (tertiary/aromatic N) is 3. The Hall–Kier alpha value is -2.06. The van der Waals surface area contributed by atoms with E-state index in [9.17, 15) is 4.79 Å². The summed E-state index contributed by atoms with van der Waals surface area (Å²) in [5.41, 5.74) is 3.14. The molecule has 2 heterocycles. The molecule has 4 aromatic rings. The van der Waals surface area contributed by atoms with E-state index < -0.39 is 0 Å². The number of hydrogen-bond acceptors (Lipinski definition) is 4. The Kier molecular flexibility index (Phi) is 4.63. The predicted octanol–water partition coefficient (Wildman–Crippen LogP) is 4.27. The van der Waals surface area contributed by atoms with Gasteiger partial charge in [-0.1, -0.05) is 68.5 Å². The molecule has 4 nitrogen and oxygen atoms in total. The number of aromatic nitrogens is 3. The molecule has 0 saturated carbocycles. The van der Waals surface area contributed by atoms with E-state index in [0.29, 0.717) is 15.3 Å². The van der Waals surface area contributed by atoms with Crippen LogP contribution in [0.15, 0.2) is 53.3 Å². The van der Waals surface area contributed by atoms with Crippen molar-refractivity contribution in [3.63, 3.8) is 0 Å². The number of benzene rings is 2. The minimum Gasteiger partial charge on any atom is -0.266 e. The molecule has 27 heavy (non-hydrogen) atoms. The van der Waals surface area contributed by atoms with E-state index in [1.807, 2.05) is 42.5 Å². The van der Waals surface area contributed by atoms with E-state index in [2.05, 4.69) is 65.6 Å². The molecular weight excluding hydrogens is 469 g/mol. The van der Waals surface area contributed by atoms with Crippen molar-refractivity contribution in [1.29, 1.82) is 0 Å². The van der Waals surface area contributed by atoms with Crippen molar-refractivity contribution in [2.45, 2.75) is 26.2 Å². The highest BCUT2D eigenvalue weighted by atomic mass is 127. The van der Waals surface area contributed by atoms with E-state index in [4.69, 9.17) is 0 Å². The smallest absolute Gasteiger partial charge is 0.266 e. The van der Waals surface area contributed by atoms with Crippen molar-refractivity contribution in [2.24, 2.45) is 0 Å². The molecule has 0 bridgehead atoms. The molecule has 0 fully saturated rings. The number of hydrogen-bond donors (Lipinski definition) is 0. The Morgan fingerprint density at radius 1 is 1.04 bits per heavy atom. The zero-order valence-electron chi connectivity index (χ0n) is 15.2. The first kappa shape index (κ1) is 18.3. The average molecular weight is 487 g/mol. The molecule has 0 aliphatic carbocycles. The molecule has 4 rings (SSSR count).